The van der Waals surface area contributed by atoms with Crippen LogP contribution in [0.4, 0.5) is 5.69 Å². The largest absolute Gasteiger partial charge is 0.336 e. The van der Waals surface area contributed by atoms with Gasteiger partial charge in [0, 0.05) is 25.2 Å². The van der Waals surface area contributed by atoms with Crippen LogP contribution in [0.15, 0.2) is 64.3 Å². The number of benzene rings is 2. The zero-order valence-corrected chi connectivity index (χ0v) is 19.8. The Morgan fingerprint density at radius 2 is 1.70 bits per heavy atom. The fourth-order valence-corrected chi connectivity index (χ4v) is 5.34. The second kappa shape index (κ2) is 8.90. The molecule has 0 aliphatic carbocycles. The summed E-state index contributed by atoms with van der Waals surface area (Å²) in [6.07, 6.45) is 3.06. The molecule has 1 N–H and O–H groups in total. The Bertz CT molecular complexity index is 1330. The summed E-state index contributed by atoms with van der Waals surface area (Å²) in [7, 11) is -2.33. The van der Waals surface area contributed by atoms with Gasteiger partial charge in [0.25, 0.3) is 21.5 Å². The quantitative estimate of drug-likeness (QED) is 0.622. The molecule has 1 aliphatic heterocycles. The summed E-state index contributed by atoms with van der Waals surface area (Å²) in [4.78, 5) is 27.7. The first-order valence-corrected chi connectivity index (χ1v) is 12.5. The molecule has 0 saturated carbocycles. The molecular weight excluding hydrogens is 440 g/mol. The van der Waals surface area contributed by atoms with E-state index in [0.717, 1.165) is 19.3 Å². The number of likely N-dealkylation sites (tertiary alicyclic amines) is 1. The van der Waals surface area contributed by atoms with Crippen LogP contribution in [0.25, 0.3) is 5.69 Å². The third-order valence-electron chi connectivity index (χ3n) is 6.27. The summed E-state index contributed by atoms with van der Waals surface area (Å²) >= 11 is 0. The highest BCUT2D eigenvalue weighted by Crippen LogP contribution is 2.22. The summed E-state index contributed by atoms with van der Waals surface area (Å²) in [6.45, 7) is 4.42. The fourth-order valence-electron chi connectivity index (χ4n) is 4.22. The van der Waals surface area contributed by atoms with Gasteiger partial charge < -0.3 is 4.90 Å². The Kier molecular flexibility index (Phi) is 6.16. The van der Waals surface area contributed by atoms with E-state index >= 15 is 0 Å². The first-order valence-electron chi connectivity index (χ1n) is 11.0. The molecule has 1 amide bonds. The van der Waals surface area contributed by atoms with Crippen molar-refractivity contribution in [2.24, 2.45) is 7.05 Å². The molecule has 9 heteroatoms. The van der Waals surface area contributed by atoms with Crippen molar-refractivity contribution < 1.29 is 13.2 Å². The van der Waals surface area contributed by atoms with E-state index in [1.165, 1.54) is 28.9 Å². The monoisotopic (exact) mass is 468 g/mol. The molecule has 1 fully saturated rings. The van der Waals surface area contributed by atoms with Crippen LogP contribution in [0.2, 0.25) is 0 Å². The topological polar surface area (TPSA) is 93.4 Å². The number of hydrogen-bond acceptors (Lipinski definition) is 4. The number of amides is 1. The van der Waals surface area contributed by atoms with Gasteiger partial charge in [0.05, 0.1) is 16.3 Å². The van der Waals surface area contributed by atoms with Gasteiger partial charge in [0.2, 0.25) is 0 Å². The second-order valence-electron chi connectivity index (χ2n) is 8.41. The molecule has 3 aromatic rings. The normalized spacial score (nSPS) is 16.6. The minimum atomic E-state index is -4.02. The third-order valence-corrected chi connectivity index (χ3v) is 7.63. The van der Waals surface area contributed by atoms with Gasteiger partial charge in [0.1, 0.15) is 5.69 Å². The van der Waals surface area contributed by atoms with Gasteiger partial charge in [-0.3, -0.25) is 19.0 Å². The van der Waals surface area contributed by atoms with Crippen LogP contribution in [0.1, 0.15) is 42.2 Å². The van der Waals surface area contributed by atoms with Crippen LogP contribution in [-0.4, -0.2) is 41.2 Å². The lowest BCUT2D eigenvalue weighted by atomic mass is 10.0. The van der Waals surface area contributed by atoms with Crippen molar-refractivity contribution in [2.75, 3.05) is 11.3 Å². The predicted octanol–water partition coefficient (Wildman–Crippen LogP) is 3.30. The summed E-state index contributed by atoms with van der Waals surface area (Å²) in [5.74, 6) is -0.0937. The van der Waals surface area contributed by atoms with Crippen molar-refractivity contribution in [1.82, 2.24) is 14.3 Å². The zero-order chi connectivity index (χ0) is 23.8. The smallest absolute Gasteiger partial charge is 0.296 e. The minimum Gasteiger partial charge on any atom is -0.336 e. The van der Waals surface area contributed by atoms with Crippen LogP contribution in [0.3, 0.4) is 0 Å². The van der Waals surface area contributed by atoms with Crippen LogP contribution < -0.4 is 10.3 Å². The van der Waals surface area contributed by atoms with Crippen LogP contribution in [0, 0.1) is 6.92 Å². The molecule has 1 unspecified atom stereocenters. The van der Waals surface area contributed by atoms with E-state index in [4.69, 9.17) is 0 Å². The number of carbonyl (C=O) groups is 1. The maximum Gasteiger partial charge on any atom is 0.296 e. The van der Waals surface area contributed by atoms with Crippen molar-refractivity contribution in [1.29, 1.82) is 0 Å². The molecule has 1 aliphatic rings. The summed E-state index contributed by atoms with van der Waals surface area (Å²) < 4.78 is 31.5. The van der Waals surface area contributed by atoms with Crippen LogP contribution >= 0.6 is 0 Å². The molecule has 2 heterocycles. The summed E-state index contributed by atoms with van der Waals surface area (Å²) in [6, 6.07) is 15.0. The van der Waals surface area contributed by atoms with Gasteiger partial charge >= 0.3 is 0 Å². The molecule has 8 nitrogen and oxygen atoms in total. The van der Waals surface area contributed by atoms with Crippen molar-refractivity contribution in [2.45, 2.75) is 44.0 Å². The minimum absolute atomic E-state index is 0.0105. The average Bonchev–Trinajstić information content (AvgIpc) is 3.02. The van der Waals surface area contributed by atoms with Gasteiger partial charge in [-0.2, -0.15) is 0 Å². The lowest BCUT2D eigenvalue weighted by molar-refractivity contribution is 0.0635. The first kappa shape index (κ1) is 22.8. The molecule has 1 atom stereocenters. The molecule has 4 rings (SSSR count). The Balaban J connectivity index is 1.60. The Morgan fingerprint density at radius 1 is 1.03 bits per heavy atom. The standard InChI is InChI=1S/C24H28N4O4S/c1-17-9-7-8-16-27(17)23(29)19-12-14-21(15-13-19)33(31,32)25-22-18(2)26(3)28(24(22)30)20-10-5-4-6-11-20/h4-6,10-15,17,25H,7-9,16H2,1-3H3. The number of nitrogens with zero attached hydrogens (tertiary/aromatic N) is 3. The molecule has 174 valence electrons. The Morgan fingerprint density at radius 3 is 2.33 bits per heavy atom. The summed E-state index contributed by atoms with van der Waals surface area (Å²) in [5, 5.41) is 0. The third kappa shape index (κ3) is 4.32. The number of piperidine rings is 1. The van der Waals surface area contributed by atoms with Gasteiger partial charge in [-0.1, -0.05) is 18.2 Å². The number of hydrogen-bond donors (Lipinski definition) is 1. The zero-order valence-electron chi connectivity index (χ0n) is 19.0. The molecule has 0 spiro atoms. The number of carbonyl (C=O) groups excluding carboxylic acids is 1. The molecule has 0 radical (unpaired) electrons. The molecule has 33 heavy (non-hydrogen) atoms. The van der Waals surface area contributed by atoms with Crippen molar-refractivity contribution >= 4 is 21.6 Å². The van der Waals surface area contributed by atoms with E-state index in [9.17, 15) is 18.0 Å². The van der Waals surface area contributed by atoms with E-state index in [2.05, 4.69) is 4.72 Å². The number of sulfonamides is 1. The van der Waals surface area contributed by atoms with Crippen molar-refractivity contribution in [3.05, 3.63) is 76.2 Å². The highest BCUT2D eigenvalue weighted by atomic mass is 32.2. The summed E-state index contributed by atoms with van der Waals surface area (Å²) in [5.41, 5.74) is 1.09. The first-order chi connectivity index (χ1) is 15.7. The van der Waals surface area contributed by atoms with Crippen molar-refractivity contribution in [3.63, 3.8) is 0 Å². The van der Waals surface area contributed by atoms with Crippen LogP contribution in [0.5, 0.6) is 0 Å². The SMILES string of the molecule is Cc1c(NS(=O)(=O)c2ccc(C(=O)N3CCCCC3C)cc2)c(=O)n(-c2ccccc2)n1C. The number of rotatable bonds is 5. The maximum atomic E-state index is 13.0. The number of nitrogens with one attached hydrogen (secondary N) is 1. The van der Waals surface area contributed by atoms with E-state index in [-0.39, 0.29) is 22.5 Å². The van der Waals surface area contributed by atoms with Gasteiger partial charge in [-0.15, -0.1) is 0 Å². The predicted molar refractivity (Wildman–Crippen MR) is 127 cm³/mol. The molecule has 2 aromatic carbocycles. The molecule has 0 bridgehead atoms. The lowest BCUT2D eigenvalue weighted by Crippen LogP contribution is -2.42. The highest BCUT2D eigenvalue weighted by molar-refractivity contribution is 7.92. The fraction of sp³-hybridized carbons (Fsp3) is 0.333. The molecular formula is C24H28N4O4S. The van der Waals surface area contributed by atoms with E-state index in [0.29, 0.717) is 23.5 Å². The van der Waals surface area contributed by atoms with E-state index in [1.54, 1.807) is 42.9 Å². The Labute approximate surface area is 193 Å². The van der Waals surface area contributed by atoms with Crippen molar-refractivity contribution in [3.8, 4) is 5.69 Å². The number of anilines is 1. The van der Waals surface area contributed by atoms with Gasteiger partial charge in [-0.25, -0.2) is 13.1 Å². The molecule has 1 saturated heterocycles. The average molecular weight is 469 g/mol. The van der Waals surface area contributed by atoms with Crippen LogP contribution in [-0.2, 0) is 17.1 Å². The number of para-hydroxylation sites is 1. The van der Waals surface area contributed by atoms with E-state index < -0.39 is 15.6 Å². The van der Waals surface area contributed by atoms with E-state index in [1.807, 2.05) is 17.9 Å². The van der Waals surface area contributed by atoms with Gasteiger partial charge in [0.15, 0.2) is 0 Å². The molecule has 1 aromatic heterocycles. The maximum absolute atomic E-state index is 13.0. The lowest BCUT2D eigenvalue weighted by Gasteiger charge is -2.33. The highest BCUT2D eigenvalue weighted by Gasteiger charge is 2.26. The second-order valence-corrected chi connectivity index (χ2v) is 10.1. The Hall–Kier alpha value is -3.33. The van der Waals surface area contributed by atoms with Gasteiger partial charge in [-0.05, 0) is 69.5 Å². The number of aromatic nitrogens is 2.